The molecule has 1 heterocycles. The highest BCUT2D eigenvalue weighted by molar-refractivity contribution is 4.78. The summed E-state index contributed by atoms with van der Waals surface area (Å²) < 4.78 is 0. The largest absolute Gasteiger partial charge is 0.314 e. The van der Waals surface area contributed by atoms with Gasteiger partial charge in [-0.3, -0.25) is 4.90 Å². The second-order valence-corrected chi connectivity index (χ2v) is 3.24. The second kappa shape index (κ2) is 2.86. The zero-order valence-electron chi connectivity index (χ0n) is 6.91. The fraction of sp³-hybridized carbons (Fsp3) is 1.00. The summed E-state index contributed by atoms with van der Waals surface area (Å²) in [7, 11) is 2.10. The van der Waals surface area contributed by atoms with E-state index < -0.39 is 0 Å². The minimum Gasteiger partial charge on any atom is -0.314 e. The van der Waals surface area contributed by atoms with Gasteiger partial charge in [0.1, 0.15) is 0 Å². The van der Waals surface area contributed by atoms with Crippen molar-refractivity contribution in [2.45, 2.75) is 25.9 Å². The van der Waals surface area contributed by atoms with E-state index in [1.165, 1.54) is 5.06 Å². The second-order valence-electron chi connectivity index (χ2n) is 3.24. The maximum absolute atomic E-state index is 9.17. The highest BCUT2D eigenvalue weighted by Crippen LogP contribution is 2.10. The maximum atomic E-state index is 9.17. The molecule has 1 rings (SSSR count). The lowest BCUT2D eigenvalue weighted by atomic mass is 10.1. The van der Waals surface area contributed by atoms with E-state index in [4.69, 9.17) is 0 Å². The van der Waals surface area contributed by atoms with E-state index in [-0.39, 0.29) is 0 Å². The summed E-state index contributed by atoms with van der Waals surface area (Å²) >= 11 is 0. The predicted octanol–water partition coefficient (Wildman–Crippen LogP) is 0.400. The van der Waals surface area contributed by atoms with E-state index in [1.807, 2.05) is 0 Å². The van der Waals surface area contributed by atoms with Crippen molar-refractivity contribution in [2.75, 3.05) is 20.1 Å². The first-order chi connectivity index (χ1) is 4.61. The van der Waals surface area contributed by atoms with Gasteiger partial charge in [-0.2, -0.15) is 5.06 Å². The van der Waals surface area contributed by atoms with Crippen LogP contribution in [-0.2, 0) is 0 Å². The van der Waals surface area contributed by atoms with Crippen LogP contribution in [0, 0.1) is 0 Å². The Bertz CT molecular complexity index is 106. The standard InChI is InChI=1S/C7H16N2O/c1-6-4-9(10)5-7(2)8(6)3/h6-7,10H,4-5H2,1-3H3. The van der Waals surface area contributed by atoms with Crippen LogP contribution in [-0.4, -0.2) is 47.4 Å². The molecule has 1 N–H and O–H groups in total. The van der Waals surface area contributed by atoms with Crippen molar-refractivity contribution in [3.8, 4) is 0 Å². The van der Waals surface area contributed by atoms with Gasteiger partial charge in [-0.1, -0.05) is 0 Å². The fourth-order valence-electron chi connectivity index (χ4n) is 1.38. The molecule has 0 radical (unpaired) electrons. The third-order valence-corrected chi connectivity index (χ3v) is 2.34. The van der Waals surface area contributed by atoms with E-state index in [9.17, 15) is 5.21 Å². The molecule has 1 aliphatic rings. The summed E-state index contributed by atoms with van der Waals surface area (Å²) in [5.74, 6) is 0. The van der Waals surface area contributed by atoms with Crippen molar-refractivity contribution in [3.05, 3.63) is 0 Å². The minimum atomic E-state index is 0.466. The molecule has 60 valence electrons. The molecular formula is C7H16N2O. The van der Waals surface area contributed by atoms with Gasteiger partial charge in [0, 0.05) is 25.2 Å². The van der Waals surface area contributed by atoms with Crippen LogP contribution in [0.25, 0.3) is 0 Å². The Kier molecular flexibility index (Phi) is 2.28. The number of nitrogens with zero attached hydrogens (tertiary/aromatic N) is 2. The van der Waals surface area contributed by atoms with Gasteiger partial charge in [-0.25, -0.2) is 0 Å². The molecule has 2 atom stereocenters. The molecule has 0 aliphatic carbocycles. The molecule has 3 nitrogen and oxygen atoms in total. The summed E-state index contributed by atoms with van der Waals surface area (Å²) in [6.45, 7) is 5.78. The van der Waals surface area contributed by atoms with Crippen molar-refractivity contribution >= 4 is 0 Å². The van der Waals surface area contributed by atoms with Gasteiger partial charge in [0.2, 0.25) is 0 Å². The molecule has 1 aliphatic heterocycles. The van der Waals surface area contributed by atoms with Gasteiger partial charge in [0.25, 0.3) is 0 Å². The van der Waals surface area contributed by atoms with Gasteiger partial charge < -0.3 is 5.21 Å². The Balaban J connectivity index is 2.49. The van der Waals surface area contributed by atoms with Crippen LogP contribution < -0.4 is 0 Å². The van der Waals surface area contributed by atoms with Crippen LogP contribution in [0.1, 0.15) is 13.8 Å². The van der Waals surface area contributed by atoms with Crippen molar-refractivity contribution in [2.24, 2.45) is 0 Å². The zero-order valence-corrected chi connectivity index (χ0v) is 6.91. The number of likely N-dealkylation sites (N-methyl/N-ethyl adjacent to an activating group) is 1. The summed E-state index contributed by atoms with van der Waals surface area (Å²) in [5, 5.41) is 10.6. The van der Waals surface area contributed by atoms with E-state index >= 15 is 0 Å². The lowest BCUT2D eigenvalue weighted by molar-refractivity contribution is -0.142. The molecule has 10 heavy (non-hydrogen) atoms. The minimum absolute atomic E-state index is 0.466. The molecule has 3 heteroatoms. The molecule has 0 amide bonds. The van der Waals surface area contributed by atoms with Crippen LogP contribution in [0.2, 0.25) is 0 Å². The van der Waals surface area contributed by atoms with E-state index in [0.29, 0.717) is 12.1 Å². The smallest absolute Gasteiger partial charge is 0.0392 e. The SMILES string of the molecule is CC1CN(O)CC(C)N1C. The third kappa shape index (κ3) is 1.48. The molecule has 1 fully saturated rings. The Morgan fingerprint density at radius 1 is 1.20 bits per heavy atom. The number of hydroxylamine groups is 2. The third-order valence-electron chi connectivity index (χ3n) is 2.34. The first kappa shape index (κ1) is 7.98. The molecule has 0 bridgehead atoms. The van der Waals surface area contributed by atoms with Gasteiger partial charge in [0.05, 0.1) is 0 Å². The molecule has 0 spiro atoms. The van der Waals surface area contributed by atoms with Crippen molar-refractivity contribution in [1.29, 1.82) is 0 Å². The summed E-state index contributed by atoms with van der Waals surface area (Å²) in [6.07, 6.45) is 0. The van der Waals surface area contributed by atoms with Gasteiger partial charge in [0.15, 0.2) is 0 Å². The van der Waals surface area contributed by atoms with Crippen molar-refractivity contribution < 1.29 is 5.21 Å². The molecule has 1 saturated heterocycles. The van der Waals surface area contributed by atoms with Crippen molar-refractivity contribution in [1.82, 2.24) is 9.96 Å². The van der Waals surface area contributed by atoms with Gasteiger partial charge in [-0.05, 0) is 20.9 Å². The van der Waals surface area contributed by atoms with Crippen LogP contribution in [0.4, 0.5) is 0 Å². The Morgan fingerprint density at radius 2 is 1.60 bits per heavy atom. The Morgan fingerprint density at radius 3 is 2.00 bits per heavy atom. The summed E-state index contributed by atoms with van der Waals surface area (Å²) in [5.41, 5.74) is 0. The monoisotopic (exact) mass is 144 g/mol. The molecule has 0 aromatic heterocycles. The molecular weight excluding hydrogens is 128 g/mol. The first-order valence-corrected chi connectivity index (χ1v) is 3.77. The number of hydrogen-bond acceptors (Lipinski definition) is 3. The molecule has 2 unspecified atom stereocenters. The highest BCUT2D eigenvalue weighted by atomic mass is 16.5. The van der Waals surface area contributed by atoms with Crippen LogP contribution in [0.15, 0.2) is 0 Å². The fourth-order valence-corrected chi connectivity index (χ4v) is 1.38. The number of hydrogen-bond donors (Lipinski definition) is 1. The van der Waals surface area contributed by atoms with Crippen LogP contribution in [0.5, 0.6) is 0 Å². The van der Waals surface area contributed by atoms with Gasteiger partial charge >= 0.3 is 0 Å². The highest BCUT2D eigenvalue weighted by Gasteiger charge is 2.24. The lowest BCUT2D eigenvalue weighted by Gasteiger charge is -2.39. The normalized spacial score (nSPS) is 38.4. The topological polar surface area (TPSA) is 26.7 Å². The number of rotatable bonds is 0. The van der Waals surface area contributed by atoms with Crippen LogP contribution >= 0.6 is 0 Å². The Labute approximate surface area is 62.2 Å². The average Bonchev–Trinajstić information content (AvgIpc) is 1.82. The molecule has 0 saturated carbocycles. The summed E-state index contributed by atoms with van der Waals surface area (Å²) in [4.78, 5) is 2.28. The average molecular weight is 144 g/mol. The first-order valence-electron chi connectivity index (χ1n) is 3.77. The van der Waals surface area contributed by atoms with E-state index in [0.717, 1.165) is 13.1 Å². The van der Waals surface area contributed by atoms with E-state index in [1.54, 1.807) is 0 Å². The number of piperazine rings is 1. The molecule has 0 aromatic rings. The Hall–Kier alpha value is -0.120. The quantitative estimate of drug-likeness (QED) is 0.533. The zero-order chi connectivity index (χ0) is 7.72. The van der Waals surface area contributed by atoms with Crippen LogP contribution in [0.3, 0.4) is 0 Å². The predicted molar refractivity (Wildman–Crippen MR) is 40.0 cm³/mol. The molecule has 0 aromatic carbocycles. The maximum Gasteiger partial charge on any atom is 0.0392 e. The lowest BCUT2D eigenvalue weighted by Crippen LogP contribution is -2.53. The van der Waals surface area contributed by atoms with Crippen molar-refractivity contribution in [3.63, 3.8) is 0 Å². The summed E-state index contributed by atoms with van der Waals surface area (Å²) in [6, 6.07) is 0.933. The van der Waals surface area contributed by atoms with Gasteiger partial charge in [-0.15, -0.1) is 0 Å². The van der Waals surface area contributed by atoms with E-state index in [2.05, 4.69) is 25.8 Å².